The van der Waals surface area contributed by atoms with Crippen LogP contribution in [0.3, 0.4) is 0 Å². The number of carbonyl (C=O) groups excluding carboxylic acids is 2. The summed E-state index contributed by atoms with van der Waals surface area (Å²) < 4.78 is 5.70. The Morgan fingerprint density at radius 3 is 2.54 bits per heavy atom. The molecule has 0 aliphatic carbocycles. The van der Waals surface area contributed by atoms with Gasteiger partial charge in [0, 0.05) is 24.7 Å². The summed E-state index contributed by atoms with van der Waals surface area (Å²) >= 11 is 0. The van der Waals surface area contributed by atoms with Crippen LogP contribution in [0, 0.1) is 5.92 Å². The Morgan fingerprint density at radius 2 is 2.00 bits per heavy atom. The molecule has 6 heteroatoms. The number of hydrogen-bond donors (Lipinski definition) is 2. The van der Waals surface area contributed by atoms with Gasteiger partial charge in [-0.2, -0.15) is 0 Å². The van der Waals surface area contributed by atoms with Crippen molar-refractivity contribution in [2.45, 2.75) is 52.2 Å². The zero-order valence-corrected chi connectivity index (χ0v) is 16.2. The normalized spacial score (nSPS) is 18.7. The fraction of sp³-hybridized carbons (Fsp3) is 0.600. The van der Waals surface area contributed by atoms with Gasteiger partial charge in [0.25, 0.3) is 0 Å². The Hall–Kier alpha value is -2.08. The molecule has 2 atom stereocenters. The highest BCUT2D eigenvalue weighted by atomic mass is 16.6. The van der Waals surface area contributed by atoms with Gasteiger partial charge in [0.2, 0.25) is 0 Å². The fourth-order valence-corrected chi connectivity index (χ4v) is 3.25. The molecular formula is C20H31N3O3. The summed E-state index contributed by atoms with van der Waals surface area (Å²) in [5.74, 6) is -0.359. The van der Waals surface area contributed by atoms with E-state index in [0.29, 0.717) is 18.8 Å². The molecule has 0 bridgehead atoms. The average molecular weight is 361 g/mol. The number of para-hydroxylation sites is 1. The monoisotopic (exact) mass is 361 g/mol. The molecule has 144 valence electrons. The van der Waals surface area contributed by atoms with Crippen LogP contribution < -0.4 is 15.5 Å². The minimum Gasteiger partial charge on any atom is -0.458 e. The summed E-state index contributed by atoms with van der Waals surface area (Å²) in [6.45, 7) is 9.52. The molecule has 1 aromatic carbocycles. The fourth-order valence-electron chi connectivity index (χ4n) is 3.25. The van der Waals surface area contributed by atoms with Crippen LogP contribution in [-0.2, 0) is 9.53 Å². The number of esters is 1. The molecule has 0 radical (unpaired) electrons. The molecule has 0 aromatic heterocycles. The molecule has 1 aliphatic heterocycles. The molecule has 2 unspecified atom stereocenters. The number of ether oxygens (including phenoxy) is 1. The van der Waals surface area contributed by atoms with E-state index in [9.17, 15) is 9.59 Å². The third-order valence-corrected chi connectivity index (χ3v) is 4.29. The molecule has 2 amide bonds. The zero-order chi connectivity index (χ0) is 19.2. The highest BCUT2D eigenvalue weighted by molar-refractivity contribution is 5.98. The number of hydrogen-bond acceptors (Lipinski definition) is 4. The number of piperidine rings is 1. The van der Waals surface area contributed by atoms with Gasteiger partial charge in [-0.15, -0.1) is 0 Å². The minimum absolute atomic E-state index is 0.00131. The number of carbonyl (C=O) groups is 2. The number of anilines is 1. The molecule has 0 saturated carbocycles. The van der Waals surface area contributed by atoms with E-state index in [1.165, 1.54) is 0 Å². The highest BCUT2D eigenvalue weighted by Crippen LogP contribution is 2.27. The number of nitrogens with zero attached hydrogens (tertiary/aromatic N) is 1. The Morgan fingerprint density at radius 1 is 1.31 bits per heavy atom. The van der Waals surface area contributed by atoms with E-state index in [-0.39, 0.29) is 17.9 Å². The first-order chi connectivity index (χ1) is 12.3. The maximum absolute atomic E-state index is 13.1. The smallest absolute Gasteiger partial charge is 0.330 e. The van der Waals surface area contributed by atoms with Crippen LogP contribution in [-0.4, -0.2) is 43.3 Å². The van der Waals surface area contributed by atoms with Crippen LogP contribution in [0.2, 0.25) is 0 Å². The van der Waals surface area contributed by atoms with Crippen molar-refractivity contribution >= 4 is 17.7 Å². The number of rotatable bonds is 5. The topological polar surface area (TPSA) is 70.7 Å². The van der Waals surface area contributed by atoms with Crippen LogP contribution >= 0.6 is 0 Å². The number of benzene rings is 1. The Balaban J connectivity index is 2.42. The van der Waals surface area contributed by atoms with Gasteiger partial charge in [-0.3, -0.25) is 4.90 Å². The van der Waals surface area contributed by atoms with E-state index in [1.807, 2.05) is 58.0 Å². The van der Waals surface area contributed by atoms with Crippen molar-refractivity contribution in [1.82, 2.24) is 10.6 Å². The SMILES string of the molecule is CCNC(=O)N(c1ccccc1)C(C(=O)OC(C)(C)C)C1CCCNC1. The van der Waals surface area contributed by atoms with Crippen LogP contribution in [0.5, 0.6) is 0 Å². The van der Waals surface area contributed by atoms with E-state index >= 15 is 0 Å². The average Bonchev–Trinajstić information content (AvgIpc) is 2.59. The molecule has 2 rings (SSSR count). The number of amides is 2. The highest BCUT2D eigenvalue weighted by Gasteiger charge is 2.40. The van der Waals surface area contributed by atoms with E-state index in [4.69, 9.17) is 4.74 Å². The van der Waals surface area contributed by atoms with E-state index < -0.39 is 11.6 Å². The largest absolute Gasteiger partial charge is 0.458 e. The van der Waals surface area contributed by atoms with Crippen molar-refractivity contribution in [2.75, 3.05) is 24.5 Å². The molecule has 1 aliphatic rings. The van der Waals surface area contributed by atoms with Gasteiger partial charge < -0.3 is 15.4 Å². The maximum Gasteiger partial charge on any atom is 0.330 e. The molecule has 1 aromatic rings. The van der Waals surface area contributed by atoms with Gasteiger partial charge in [0.15, 0.2) is 0 Å². The van der Waals surface area contributed by atoms with Gasteiger partial charge in [-0.05, 0) is 59.2 Å². The Kier molecular flexibility index (Phi) is 7.03. The van der Waals surface area contributed by atoms with Crippen LogP contribution in [0.1, 0.15) is 40.5 Å². The second kappa shape index (κ2) is 9.03. The van der Waals surface area contributed by atoms with E-state index in [1.54, 1.807) is 4.90 Å². The predicted molar refractivity (Wildman–Crippen MR) is 103 cm³/mol. The Bertz CT molecular complexity index is 592. The molecule has 1 saturated heterocycles. The number of nitrogens with one attached hydrogen (secondary N) is 2. The van der Waals surface area contributed by atoms with Gasteiger partial charge >= 0.3 is 12.0 Å². The minimum atomic E-state index is -0.670. The lowest BCUT2D eigenvalue weighted by molar-refractivity contribution is -0.158. The standard InChI is InChI=1S/C20H31N3O3/c1-5-22-19(25)23(16-11-7-6-8-12-16)17(15-10-9-13-21-14-15)18(24)26-20(2,3)4/h6-8,11-12,15,17,21H,5,9-10,13-14H2,1-4H3,(H,22,25). The van der Waals surface area contributed by atoms with Gasteiger partial charge in [-0.1, -0.05) is 18.2 Å². The first kappa shape index (κ1) is 20.2. The summed E-state index contributed by atoms with van der Waals surface area (Å²) in [4.78, 5) is 27.6. The summed E-state index contributed by atoms with van der Waals surface area (Å²) in [6, 6.07) is 8.38. The van der Waals surface area contributed by atoms with Gasteiger partial charge in [0.1, 0.15) is 11.6 Å². The van der Waals surface area contributed by atoms with Crippen LogP contribution in [0.15, 0.2) is 30.3 Å². The summed E-state index contributed by atoms with van der Waals surface area (Å²) in [5.41, 5.74) is 0.0842. The van der Waals surface area contributed by atoms with Crippen molar-refractivity contribution in [3.8, 4) is 0 Å². The zero-order valence-electron chi connectivity index (χ0n) is 16.2. The lowest BCUT2D eigenvalue weighted by Gasteiger charge is -2.38. The number of urea groups is 1. The van der Waals surface area contributed by atoms with Crippen molar-refractivity contribution in [3.63, 3.8) is 0 Å². The van der Waals surface area contributed by atoms with Crippen LogP contribution in [0.25, 0.3) is 0 Å². The molecule has 1 fully saturated rings. The Labute approximate surface area is 156 Å². The second-order valence-corrected chi connectivity index (χ2v) is 7.63. The lowest BCUT2D eigenvalue weighted by Crippen LogP contribution is -2.57. The molecule has 1 heterocycles. The lowest BCUT2D eigenvalue weighted by atomic mass is 9.90. The van der Waals surface area contributed by atoms with Gasteiger partial charge in [-0.25, -0.2) is 9.59 Å². The van der Waals surface area contributed by atoms with Crippen LogP contribution in [0.4, 0.5) is 10.5 Å². The maximum atomic E-state index is 13.1. The van der Waals surface area contributed by atoms with Crippen molar-refractivity contribution < 1.29 is 14.3 Å². The summed E-state index contributed by atoms with van der Waals surface area (Å²) in [7, 11) is 0. The quantitative estimate of drug-likeness (QED) is 0.791. The van der Waals surface area contributed by atoms with Crippen molar-refractivity contribution in [3.05, 3.63) is 30.3 Å². The molecular weight excluding hydrogens is 330 g/mol. The third kappa shape index (κ3) is 5.46. The van der Waals surface area contributed by atoms with Crippen molar-refractivity contribution in [1.29, 1.82) is 0 Å². The second-order valence-electron chi connectivity index (χ2n) is 7.63. The summed E-state index contributed by atoms with van der Waals surface area (Å²) in [5, 5.41) is 6.18. The van der Waals surface area contributed by atoms with Gasteiger partial charge in [0.05, 0.1) is 0 Å². The first-order valence-corrected chi connectivity index (χ1v) is 9.39. The molecule has 2 N–H and O–H groups in total. The molecule has 26 heavy (non-hydrogen) atoms. The summed E-state index contributed by atoms with van der Waals surface area (Å²) in [6.07, 6.45) is 1.85. The molecule has 6 nitrogen and oxygen atoms in total. The molecule has 0 spiro atoms. The third-order valence-electron chi connectivity index (χ3n) is 4.29. The predicted octanol–water partition coefficient (Wildman–Crippen LogP) is 2.93. The van der Waals surface area contributed by atoms with E-state index in [2.05, 4.69) is 10.6 Å². The first-order valence-electron chi connectivity index (χ1n) is 9.39. The van der Waals surface area contributed by atoms with E-state index in [0.717, 1.165) is 19.4 Å². The van der Waals surface area contributed by atoms with Crippen molar-refractivity contribution in [2.24, 2.45) is 5.92 Å².